The molecule has 0 spiro atoms. The normalized spacial score (nSPS) is 10.4. The van der Waals surface area contributed by atoms with Crippen molar-refractivity contribution in [3.8, 4) is 0 Å². The number of rotatable bonds is 3. The molecule has 0 unspecified atom stereocenters. The summed E-state index contributed by atoms with van der Waals surface area (Å²) in [5.41, 5.74) is 5.47. The number of carboxylic acid groups (broad SMARTS) is 1. The molecule has 21 heavy (non-hydrogen) atoms. The Hall–Kier alpha value is -2.35. The average Bonchev–Trinajstić information content (AvgIpc) is 2.34. The predicted molar refractivity (Wildman–Crippen MR) is 82.1 cm³/mol. The summed E-state index contributed by atoms with van der Waals surface area (Å²) < 4.78 is 5.03. The lowest BCUT2D eigenvalue weighted by Crippen LogP contribution is -2.44. The zero-order valence-corrected chi connectivity index (χ0v) is 12.7. The molecule has 0 aliphatic rings. The number of nitrogens with one attached hydrogen (secondary N) is 3. The number of hydrogen-bond donors (Lipinski definition) is 4. The van der Waals surface area contributed by atoms with E-state index in [4.69, 9.17) is 22.1 Å². The van der Waals surface area contributed by atoms with Gasteiger partial charge in [0.25, 0.3) is 0 Å². The van der Waals surface area contributed by atoms with Gasteiger partial charge in [0.1, 0.15) is 5.60 Å². The van der Waals surface area contributed by atoms with Crippen LogP contribution in [0.2, 0.25) is 0 Å². The smallest absolute Gasteiger partial charge is 0.413 e. The second-order valence-corrected chi connectivity index (χ2v) is 5.50. The first-order chi connectivity index (χ1) is 9.67. The Morgan fingerprint density at radius 1 is 1.19 bits per heavy atom. The number of thiocarbonyl (C=S) groups is 1. The predicted octanol–water partition coefficient (Wildman–Crippen LogP) is 2.11. The zero-order valence-electron chi connectivity index (χ0n) is 11.9. The summed E-state index contributed by atoms with van der Waals surface area (Å²) in [4.78, 5) is 22.1. The molecule has 0 aliphatic heterocycles. The number of benzene rings is 1. The van der Waals surface area contributed by atoms with Crippen molar-refractivity contribution in [2.24, 2.45) is 0 Å². The fraction of sp³-hybridized carbons (Fsp3) is 0.308. The maximum Gasteiger partial charge on any atom is 0.413 e. The van der Waals surface area contributed by atoms with E-state index in [1.54, 1.807) is 32.9 Å². The van der Waals surface area contributed by atoms with Crippen LogP contribution in [0.3, 0.4) is 0 Å². The van der Waals surface area contributed by atoms with Gasteiger partial charge in [-0.25, -0.2) is 9.59 Å². The van der Waals surface area contributed by atoms with Crippen molar-refractivity contribution >= 4 is 35.1 Å². The summed E-state index contributed by atoms with van der Waals surface area (Å²) in [5.74, 6) is -1.00. The van der Waals surface area contributed by atoms with Gasteiger partial charge in [-0.1, -0.05) is 0 Å². The highest BCUT2D eigenvalue weighted by molar-refractivity contribution is 7.80. The first-order valence-electron chi connectivity index (χ1n) is 6.07. The lowest BCUT2D eigenvalue weighted by atomic mass is 10.2. The van der Waals surface area contributed by atoms with Gasteiger partial charge in [0.2, 0.25) is 0 Å². The number of aromatic carboxylic acids is 1. The summed E-state index contributed by atoms with van der Waals surface area (Å²) >= 11 is 4.91. The number of ether oxygens (including phenoxy) is 1. The second-order valence-electron chi connectivity index (χ2n) is 5.09. The van der Waals surface area contributed by atoms with Crippen LogP contribution in [-0.4, -0.2) is 27.9 Å². The number of hydrazine groups is 1. The lowest BCUT2D eigenvalue weighted by Gasteiger charge is -2.20. The van der Waals surface area contributed by atoms with E-state index < -0.39 is 17.7 Å². The van der Waals surface area contributed by atoms with E-state index in [0.29, 0.717) is 5.69 Å². The minimum Gasteiger partial charge on any atom is -0.478 e. The molecule has 4 N–H and O–H groups in total. The van der Waals surface area contributed by atoms with Gasteiger partial charge >= 0.3 is 12.1 Å². The van der Waals surface area contributed by atoms with Crippen molar-refractivity contribution in [1.82, 2.24) is 10.7 Å². The maximum absolute atomic E-state index is 11.4. The molecule has 0 bridgehead atoms. The first kappa shape index (κ1) is 16.7. The Bertz CT molecular complexity index is 537. The Balaban J connectivity index is 2.42. The lowest BCUT2D eigenvalue weighted by molar-refractivity contribution is 0.0562. The van der Waals surface area contributed by atoms with Gasteiger partial charge in [-0.15, -0.1) is 0 Å². The fourth-order valence-electron chi connectivity index (χ4n) is 1.25. The van der Waals surface area contributed by atoms with Crippen LogP contribution in [0.4, 0.5) is 10.5 Å². The molecule has 0 heterocycles. The van der Waals surface area contributed by atoms with Crippen LogP contribution in [-0.2, 0) is 4.74 Å². The van der Waals surface area contributed by atoms with E-state index in [-0.39, 0.29) is 10.7 Å². The molecule has 0 aliphatic carbocycles. The number of anilines is 1. The fourth-order valence-corrected chi connectivity index (χ4v) is 1.39. The van der Waals surface area contributed by atoms with Crippen molar-refractivity contribution in [3.63, 3.8) is 0 Å². The largest absolute Gasteiger partial charge is 0.478 e. The average molecular weight is 311 g/mol. The van der Waals surface area contributed by atoms with E-state index in [9.17, 15) is 9.59 Å². The van der Waals surface area contributed by atoms with E-state index in [2.05, 4.69) is 16.2 Å². The monoisotopic (exact) mass is 311 g/mol. The van der Waals surface area contributed by atoms with Crippen LogP contribution < -0.4 is 16.2 Å². The number of carboxylic acids is 1. The van der Waals surface area contributed by atoms with Gasteiger partial charge in [-0.3, -0.25) is 16.2 Å². The molecule has 0 radical (unpaired) electrons. The quantitative estimate of drug-likeness (QED) is 0.501. The van der Waals surface area contributed by atoms with Gasteiger partial charge in [0.15, 0.2) is 5.11 Å². The minimum absolute atomic E-state index is 0.0339. The van der Waals surface area contributed by atoms with Gasteiger partial charge in [-0.05, 0) is 57.3 Å². The number of amides is 1. The number of carbonyl (C=O) groups excluding carboxylic acids is 1. The number of alkyl carbamates (subject to hydrolysis) is 1. The van der Waals surface area contributed by atoms with Crippen molar-refractivity contribution in [1.29, 1.82) is 0 Å². The Labute approximate surface area is 127 Å². The summed E-state index contributed by atoms with van der Waals surface area (Å²) in [5, 5.41) is 11.1. The third-order valence-corrected chi connectivity index (χ3v) is 2.27. The molecule has 0 saturated carbocycles. The topological polar surface area (TPSA) is 99.7 Å². The highest BCUT2D eigenvalue weighted by atomic mass is 32.1. The van der Waals surface area contributed by atoms with E-state index in [1.165, 1.54) is 12.1 Å². The van der Waals surface area contributed by atoms with Gasteiger partial charge in [-0.2, -0.15) is 0 Å². The minimum atomic E-state index is -1.00. The standard InChI is InChI=1S/C13H17N3O4S/c1-13(2,3)20-12(19)14-11(21)16-15-9-6-4-8(5-7-9)10(17)18/h4-7,15H,1-3H3,(H,17,18)(H2,14,16,19,21). The molecule has 0 saturated heterocycles. The summed E-state index contributed by atoms with van der Waals surface area (Å²) in [6, 6.07) is 6.01. The van der Waals surface area contributed by atoms with E-state index in [1.807, 2.05) is 0 Å². The molecule has 8 heteroatoms. The zero-order chi connectivity index (χ0) is 16.0. The SMILES string of the molecule is CC(C)(C)OC(=O)NC(=S)NNc1ccc(C(=O)O)cc1. The molecule has 0 aromatic heterocycles. The molecular weight excluding hydrogens is 294 g/mol. The Kier molecular flexibility index (Phi) is 5.48. The third kappa shape index (κ3) is 6.57. The van der Waals surface area contributed by atoms with Crippen LogP contribution in [0.5, 0.6) is 0 Å². The van der Waals surface area contributed by atoms with Gasteiger partial charge < -0.3 is 9.84 Å². The van der Waals surface area contributed by atoms with Crippen LogP contribution in [0.15, 0.2) is 24.3 Å². The van der Waals surface area contributed by atoms with Crippen LogP contribution in [0, 0.1) is 0 Å². The Morgan fingerprint density at radius 3 is 2.24 bits per heavy atom. The number of hydrogen-bond acceptors (Lipinski definition) is 5. The molecule has 114 valence electrons. The van der Waals surface area contributed by atoms with Crippen LogP contribution in [0.1, 0.15) is 31.1 Å². The van der Waals surface area contributed by atoms with E-state index >= 15 is 0 Å². The van der Waals surface area contributed by atoms with Crippen molar-refractivity contribution in [2.75, 3.05) is 5.43 Å². The van der Waals surface area contributed by atoms with E-state index in [0.717, 1.165) is 0 Å². The van der Waals surface area contributed by atoms with Crippen molar-refractivity contribution < 1.29 is 19.4 Å². The first-order valence-corrected chi connectivity index (χ1v) is 6.47. The highest BCUT2D eigenvalue weighted by Crippen LogP contribution is 2.08. The van der Waals surface area contributed by atoms with Crippen LogP contribution >= 0.6 is 12.2 Å². The summed E-state index contributed by atoms with van der Waals surface area (Å²) in [6.07, 6.45) is -0.664. The maximum atomic E-state index is 11.4. The molecule has 0 atom stereocenters. The molecular formula is C13H17N3O4S. The second kappa shape index (κ2) is 6.89. The Morgan fingerprint density at radius 2 is 1.76 bits per heavy atom. The molecule has 1 rings (SSSR count). The molecule has 1 amide bonds. The van der Waals surface area contributed by atoms with Crippen LogP contribution in [0.25, 0.3) is 0 Å². The molecule has 7 nitrogen and oxygen atoms in total. The van der Waals surface area contributed by atoms with Gasteiger partial charge in [0.05, 0.1) is 11.3 Å². The molecule has 1 aromatic rings. The van der Waals surface area contributed by atoms with Crippen molar-refractivity contribution in [2.45, 2.75) is 26.4 Å². The number of carbonyl (C=O) groups is 2. The van der Waals surface area contributed by atoms with Gasteiger partial charge in [0, 0.05) is 0 Å². The summed E-state index contributed by atoms with van der Waals surface area (Å²) in [7, 11) is 0. The molecule has 1 aromatic carbocycles. The third-order valence-electron chi connectivity index (χ3n) is 2.07. The molecule has 0 fully saturated rings. The van der Waals surface area contributed by atoms with Crippen molar-refractivity contribution in [3.05, 3.63) is 29.8 Å². The highest BCUT2D eigenvalue weighted by Gasteiger charge is 2.16. The summed E-state index contributed by atoms with van der Waals surface area (Å²) in [6.45, 7) is 5.22.